The number of hydrogen-bond acceptors (Lipinski definition) is 6. The molecule has 1 saturated carbocycles. The minimum absolute atomic E-state index is 0.0417. The zero-order valence-corrected chi connectivity index (χ0v) is 18.8. The summed E-state index contributed by atoms with van der Waals surface area (Å²) in [5.74, 6) is -0.860. The van der Waals surface area contributed by atoms with Crippen molar-refractivity contribution in [2.45, 2.75) is 89.9 Å². The van der Waals surface area contributed by atoms with Crippen LogP contribution in [0, 0.1) is 0 Å². The molecule has 0 radical (unpaired) electrons. The van der Waals surface area contributed by atoms with Crippen LogP contribution in [0.2, 0.25) is 0 Å². The fourth-order valence-corrected chi connectivity index (χ4v) is 2.88. The Labute approximate surface area is 180 Å². The smallest absolute Gasteiger partial charge is 0.328 e. The van der Waals surface area contributed by atoms with Gasteiger partial charge < -0.3 is 19.5 Å². The van der Waals surface area contributed by atoms with Crippen LogP contribution in [0.15, 0.2) is 23.8 Å². The van der Waals surface area contributed by atoms with Crippen molar-refractivity contribution in [3.8, 4) is 0 Å². The molecule has 7 heteroatoms. The van der Waals surface area contributed by atoms with Gasteiger partial charge in [0, 0.05) is 13.5 Å². The lowest BCUT2D eigenvalue weighted by molar-refractivity contribution is -0.152. The van der Waals surface area contributed by atoms with Gasteiger partial charge in [-0.05, 0) is 71.3 Å². The largest absolute Gasteiger partial charge is 0.461 e. The first-order valence-corrected chi connectivity index (χ1v) is 10.7. The second-order valence-corrected chi connectivity index (χ2v) is 8.46. The predicted molar refractivity (Wildman–Crippen MR) is 115 cm³/mol. The summed E-state index contributed by atoms with van der Waals surface area (Å²) in [6, 6.07) is -0.801. The Kier molecular flexibility index (Phi) is 12.0. The molecule has 7 nitrogen and oxygen atoms in total. The molecule has 0 aliphatic heterocycles. The molecule has 1 fully saturated rings. The highest BCUT2D eigenvalue weighted by Crippen LogP contribution is 2.21. The van der Waals surface area contributed by atoms with Crippen LogP contribution >= 0.6 is 0 Å². The number of methoxy groups -OCH3 is 1. The highest BCUT2D eigenvalue weighted by Gasteiger charge is 2.26. The van der Waals surface area contributed by atoms with E-state index in [1.807, 2.05) is 39.0 Å². The molecule has 1 N–H and O–H groups in total. The molecule has 2 aliphatic rings. The van der Waals surface area contributed by atoms with Crippen molar-refractivity contribution in [1.82, 2.24) is 5.32 Å². The van der Waals surface area contributed by atoms with Gasteiger partial charge in [-0.1, -0.05) is 18.2 Å². The second kappa shape index (κ2) is 14.0. The molecule has 2 rings (SSSR count). The number of carbonyl (C=O) groups excluding carboxylic acids is 3. The van der Waals surface area contributed by atoms with Crippen molar-refractivity contribution in [2.75, 3.05) is 13.7 Å². The highest BCUT2D eigenvalue weighted by molar-refractivity contribution is 5.79. The number of esters is 2. The van der Waals surface area contributed by atoms with Gasteiger partial charge in [0.2, 0.25) is 6.41 Å². The SMILES string of the molecule is COC(C)(C)C.O=CNC(CCC(=O)OCC1=CCCC=C1)C(=O)OC1CCCC1. The molecular formula is C23H37NO6. The summed E-state index contributed by atoms with van der Waals surface area (Å²) in [6.07, 6.45) is 12.5. The molecule has 2 aliphatic carbocycles. The van der Waals surface area contributed by atoms with Crippen molar-refractivity contribution in [2.24, 2.45) is 0 Å². The van der Waals surface area contributed by atoms with Crippen LogP contribution in [-0.4, -0.2) is 49.8 Å². The van der Waals surface area contributed by atoms with E-state index in [4.69, 9.17) is 14.2 Å². The topological polar surface area (TPSA) is 90.9 Å². The Balaban J connectivity index is 0.000000656. The van der Waals surface area contributed by atoms with E-state index in [-0.39, 0.29) is 37.1 Å². The Bertz CT molecular complexity index is 599. The first-order valence-electron chi connectivity index (χ1n) is 10.7. The van der Waals surface area contributed by atoms with Gasteiger partial charge in [-0.2, -0.15) is 0 Å². The summed E-state index contributed by atoms with van der Waals surface area (Å²) in [7, 11) is 1.71. The van der Waals surface area contributed by atoms with Gasteiger partial charge in [-0.3, -0.25) is 9.59 Å². The van der Waals surface area contributed by atoms with Gasteiger partial charge in [-0.25, -0.2) is 4.79 Å². The van der Waals surface area contributed by atoms with Crippen LogP contribution in [0.3, 0.4) is 0 Å². The van der Waals surface area contributed by atoms with E-state index in [0.29, 0.717) is 6.41 Å². The van der Waals surface area contributed by atoms with E-state index in [9.17, 15) is 14.4 Å². The quantitative estimate of drug-likeness (QED) is 0.450. The molecule has 0 bridgehead atoms. The molecule has 30 heavy (non-hydrogen) atoms. The van der Waals surface area contributed by atoms with Gasteiger partial charge in [0.05, 0.1) is 5.60 Å². The van der Waals surface area contributed by atoms with E-state index in [1.165, 1.54) is 0 Å². The molecule has 0 saturated heterocycles. The second-order valence-electron chi connectivity index (χ2n) is 8.46. The number of amides is 1. The molecule has 0 aromatic rings. The van der Waals surface area contributed by atoms with Gasteiger partial charge in [0.15, 0.2) is 0 Å². The Morgan fingerprint density at radius 3 is 2.43 bits per heavy atom. The summed E-state index contributed by atoms with van der Waals surface area (Å²) in [5, 5.41) is 2.43. The Morgan fingerprint density at radius 1 is 1.23 bits per heavy atom. The molecule has 0 aromatic carbocycles. The van der Waals surface area contributed by atoms with Crippen LogP contribution in [0.25, 0.3) is 0 Å². The van der Waals surface area contributed by atoms with E-state index in [1.54, 1.807) is 7.11 Å². The predicted octanol–water partition coefficient (Wildman–Crippen LogP) is 3.62. The zero-order valence-electron chi connectivity index (χ0n) is 18.8. The van der Waals surface area contributed by atoms with Gasteiger partial charge in [0.1, 0.15) is 18.8 Å². The van der Waals surface area contributed by atoms with Crippen molar-refractivity contribution in [3.05, 3.63) is 23.8 Å². The number of nitrogens with one attached hydrogen (secondary N) is 1. The number of ether oxygens (including phenoxy) is 3. The van der Waals surface area contributed by atoms with Crippen molar-refractivity contribution >= 4 is 18.3 Å². The van der Waals surface area contributed by atoms with Crippen LogP contribution in [0.4, 0.5) is 0 Å². The van der Waals surface area contributed by atoms with Crippen molar-refractivity contribution < 1.29 is 28.6 Å². The first kappa shape index (κ1) is 25.9. The molecule has 0 aromatic heterocycles. The van der Waals surface area contributed by atoms with E-state index in [0.717, 1.165) is 44.1 Å². The maximum Gasteiger partial charge on any atom is 0.328 e. The number of allylic oxidation sites excluding steroid dienone is 2. The summed E-state index contributed by atoms with van der Waals surface area (Å²) in [5.41, 5.74) is 1.03. The fraction of sp³-hybridized carbons (Fsp3) is 0.696. The lowest BCUT2D eigenvalue weighted by atomic mass is 10.1. The van der Waals surface area contributed by atoms with E-state index in [2.05, 4.69) is 5.32 Å². The standard InChI is InChI=1S/C18H25NO5.C5H12O/c20-13-19-16(18(22)24-15-8-4-5-9-15)10-11-17(21)23-12-14-6-2-1-3-7-14;1-5(2,3)6-4/h2,6-7,13,15-16H,1,3-5,8-12H2,(H,19,20);1-4H3. The fourth-order valence-electron chi connectivity index (χ4n) is 2.88. The van der Waals surface area contributed by atoms with Crippen LogP contribution in [0.1, 0.15) is 72.1 Å². The third-order valence-electron chi connectivity index (χ3n) is 4.86. The normalized spacial score (nSPS) is 17.3. The van der Waals surface area contributed by atoms with Gasteiger partial charge in [0.25, 0.3) is 0 Å². The molecular weight excluding hydrogens is 386 g/mol. The van der Waals surface area contributed by atoms with Crippen LogP contribution < -0.4 is 5.32 Å². The lowest BCUT2D eigenvalue weighted by Gasteiger charge is -2.18. The minimum atomic E-state index is -0.801. The third-order valence-corrected chi connectivity index (χ3v) is 4.86. The zero-order chi connectivity index (χ0) is 22.4. The summed E-state index contributed by atoms with van der Waals surface area (Å²) >= 11 is 0. The number of hydrogen-bond donors (Lipinski definition) is 1. The average molecular weight is 424 g/mol. The summed E-state index contributed by atoms with van der Waals surface area (Å²) in [6.45, 7) is 6.31. The number of rotatable bonds is 9. The Morgan fingerprint density at radius 2 is 1.90 bits per heavy atom. The van der Waals surface area contributed by atoms with E-state index >= 15 is 0 Å². The molecule has 170 valence electrons. The summed E-state index contributed by atoms with van der Waals surface area (Å²) < 4.78 is 15.5. The lowest BCUT2D eigenvalue weighted by Crippen LogP contribution is -2.39. The monoisotopic (exact) mass is 423 g/mol. The average Bonchev–Trinajstić information content (AvgIpc) is 3.23. The minimum Gasteiger partial charge on any atom is -0.461 e. The van der Waals surface area contributed by atoms with Crippen molar-refractivity contribution in [3.63, 3.8) is 0 Å². The van der Waals surface area contributed by atoms with Crippen molar-refractivity contribution in [1.29, 1.82) is 0 Å². The highest BCUT2D eigenvalue weighted by atomic mass is 16.5. The molecule has 1 atom stereocenters. The maximum atomic E-state index is 12.1. The summed E-state index contributed by atoms with van der Waals surface area (Å²) in [4.78, 5) is 34.6. The van der Waals surface area contributed by atoms with Gasteiger partial charge in [-0.15, -0.1) is 0 Å². The maximum absolute atomic E-state index is 12.1. The number of carbonyl (C=O) groups is 3. The Hall–Kier alpha value is -2.15. The van der Waals surface area contributed by atoms with Crippen LogP contribution in [-0.2, 0) is 28.6 Å². The van der Waals surface area contributed by atoms with Crippen LogP contribution in [0.5, 0.6) is 0 Å². The van der Waals surface area contributed by atoms with Gasteiger partial charge >= 0.3 is 11.9 Å². The van der Waals surface area contributed by atoms with E-state index < -0.39 is 12.0 Å². The molecule has 0 spiro atoms. The molecule has 0 heterocycles. The first-order chi connectivity index (χ1) is 14.2. The third kappa shape index (κ3) is 11.8. The molecule has 1 amide bonds. The molecule has 1 unspecified atom stereocenters.